The van der Waals surface area contributed by atoms with Crippen LogP contribution in [0.4, 0.5) is 14.3 Å². The molecule has 0 saturated carbocycles. The first-order valence-electron chi connectivity index (χ1n) is 15.3. The Balaban J connectivity index is 1.35. The summed E-state index contributed by atoms with van der Waals surface area (Å²) in [5.74, 6) is -0.908. The summed E-state index contributed by atoms with van der Waals surface area (Å²) in [5.41, 5.74) is 1.96. The molecule has 1 amide bonds. The number of amides is 1. The van der Waals surface area contributed by atoms with Gasteiger partial charge in [0.05, 0.1) is 32.2 Å². The van der Waals surface area contributed by atoms with Gasteiger partial charge in [-0.05, 0) is 62.1 Å². The van der Waals surface area contributed by atoms with Gasteiger partial charge in [0.2, 0.25) is 0 Å². The van der Waals surface area contributed by atoms with Crippen molar-refractivity contribution in [2.75, 3.05) is 25.1 Å². The molecule has 0 saturated heterocycles. The number of nitrogens with zero attached hydrogens (tertiary/aromatic N) is 4. The van der Waals surface area contributed by atoms with Gasteiger partial charge in [-0.3, -0.25) is 4.57 Å². The lowest BCUT2D eigenvalue weighted by Gasteiger charge is -2.32. The van der Waals surface area contributed by atoms with E-state index in [1.165, 1.54) is 20.4 Å². The molecule has 15 heteroatoms. The summed E-state index contributed by atoms with van der Waals surface area (Å²) in [6.45, 7) is 5.85. The van der Waals surface area contributed by atoms with Crippen molar-refractivity contribution in [1.82, 2.24) is 14.5 Å². The Morgan fingerprint density at radius 2 is 1.90 bits per heavy atom. The minimum Gasteiger partial charge on any atom is -0.497 e. The van der Waals surface area contributed by atoms with Crippen LogP contribution in [-0.4, -0.2) is 55.3 Å². The van der Waals surface area contributed by atoms with Crippen molar-refractivity contribution < 1.29 is 36.2 Å². The lowest BCUT2D eigenvalue weighted by Crippen LogP contribution is -2.40. The van der Waals surface area contributed by atoms with Crippen molar-refractivity contribution in [3.05, 3.63) is 98.7 Å². The van der Waals surface area contributed by atoms with Crippen LogP contribution in [0.15, 0.2) is 74.2 Å². The van der Waals surface area contributed by atoms with Crippen molar-refractivity contribution in [2.24, 2.45) is 0 Å². The molecule has 12 nitrogen and oxygen atoms in total. The highest BCUT2D eigenvalue weighted by molar-refractivity contribution is 7.93. The molecule has 0 aliphatic carbocycles. The molecular weight excluding hydrogens is 676 g/mol. The van der Waals surface area contributed by atoms with E-state index in [0.29, 0.717) is 35.6 Å². The van der Waals surface area contributed by atoms with E-state index in [2.05, 4.69) is 4.98 Å². The van der Waals surface area contributed by atoms with E-state index < -0.39 is 38.2 Å². The molecule has 1 aliphatic rings. The summed E-state index contributed by atoms with van der Waals surface area (Å²) in [5, 5.41) is 1.77. The molecule has 1 aliphatic heterocycles. The Morgan fingerprint density at radius 1 is 1.10 bits per heavy atom. The third-order valence-corrected chi connectivity index (χ3v) is 10.7. The fourth-order valence-corrected chi connectivity index (χ4v) is 8.03. The number of carbonyl (C=O) groups excluding carboxylic acids is 1. The molecule has 5 aromatic rings. The first-order chi connectivity index (χ1) is 23.3. The number of oxazole rings is 1. The van der Waals surface area contributed by atoms with Crippen molar-refractivity contribution in [3.8, 4) is 11.5 Å². The Morgan fingerprint density at radius 3 is 2.59 bits per heavy atom. The van der Waals surface area contributed by atoms with Crippen LogP contribution in [0, 0.1) is 5.82 Å². The lowest BCUT2D eigenvalue weighted by atomic mass is 9.95. The van der Waals surface area contributed by atoms with Crippen LogP contribution in [0.2, 0.25) is 0 Å². The number of hydrogen-bond donors (Lipinski definition) is 0. The number of aromatic nitrogens is 2. The van der Waals surface area contributed by atoms with Crippen molar-refractivity contribution in [2.45, 2.75) is 57.3 Å². The highest BCUT2D eigenvalue weighted by atomic mass is 32.2. The van der Waals surface area contributed by atoms with Crippen LogP contribution in [0.5, 0.6) is 11.5 Å². The number of thiazole rings is 1. The molecule has 3 aromatic carbocycles. The molecule has 49 heavy (non-hydrogen) atoms. The average molecular weight is 711 g/mol. The largest absolute Gasteiger partial charge is 0.497 e. The molecule has 2 aromatic heterocycles. The second kappa shape index (κ2) is 13.2. The number of sulfonamides is 1. The van der Waals surface area contributed by atoms with Crippen LogP contribution in [0.1, 0.15) is 43.0 Å². The molecule has 0 unspecified atom stereocenters. The van der Waals surface area contributed by atoms with Crippen LogP contribution < -0.4 is 19.5 Å². The minimum absolute atomic E-state index is 0.0668. The molecule has 0 fully saturated rings. The SMILES string of the molecule is COc1ccc(CN(c2nccs2)S(=O)(=O)c2cc(F)c3c(c2)oc(=O)n3Cc2cccc3c2CN(C(=O)OC(C)(C)C)CC3)c(OC)c1. The number of anilines is 1. The third-order valence-electron chi connectivity index (χ3n) is 8.07. The number of fused-ring (bicyclic) bond motifs is 2. The van der Waals surface area contributed by atoms with E-state index in [0.717, 1.165) is 43.5 Å². The smallest absolute Gasteiger partial charge is 0.420 e. The minimum atomic E-state index is -4.45. The first kappa shape index (κ1) is 34.0. The molecular formula is C34H35FN4O8S2. The molecule has 6 rings (SSSR count). The molecule has 0 N–H and O–H groups in total. The maximum atomic E-state index is 16.0. The van der Waals surface area contributed by atoms with Gasteiger partial charge in [0.1, 0.15) is 22.6 Å². The Kier molecular flexibility index (Phi) is 9.15. The van der Waals surface area contributed by atoms with Crippen LogP contribution in [0.25, 0.3) is 11.1 Å². The number of carbonyl (C=O) groups is 1. The zero-order chi connectivity index (χ0) is 35.1. The second-order valence-electron chi connectivity index (χ2n) is 12.4. The lowest BCUT2D eigenvalue weighted by molar-refractivity contribution is 0.0223. The van der Waals surface area contributed by atoms with E-state index in [-0.39, 0.29) is 35.9 Å². The van der Waals surface area contributed by atoms with Gasteiger partial charge in [0, 0.05) is 42.4 Å². The highest BCUT2D eigenvalue weighted by Crippen LogP contribution is 2.34. The Labute approximate surface area is 286 Å². The quantitative estimate of drug-likeness (QED) is 0.182. The highest BCUT2D eigenvalue weighted by Gasteiger charge is 2.31. The Hall–Kier alpha value is -4.89. The van der Waals surface area contributed by atoms with E-state index >= 15 is 4.39 Å². The predicted octanol–water partition coefficient (Wildman–Crippen LogP) is 5.94. The summed E-state index contributed by atoms with van der Waals surface area (Å²) in [6.07, 6.45) is 1.60. The molecule has 258 valence electrons. The van der Waals surface area contributed by atoms with Gasteiger partial charge < -0.3 is 23.5 Å². The van der Waals surface area contributed by atoms with Gasteiger partial charge in [-0.2, -0.15) is 0 Å². The van der Waals surface area contributed by atoms with Gasteiger partial charge in [0.15, 0.2) is 16.5 Å². The van der Waals surface area contributed by atoms with Crippen molar-refractivity contribution >= 4 is 43.7 Å². The summed E-state index contributed by atoms with van der Waals surface area (Å²) >= 11 is 1.09. The van der Waals surface area contributed by atoms with Crippen LogP contribution >= 0.6 is 11.3 Å². The van der Waals surface area contributed by atoms with Gasteiger partial charge >= 0.3 is 11.8 Å². The van der Waals surface area contributed by atoms with E-state index in [1.807, 2.05) is 12.1 Å². The topological polar surface area (TPSA) is 133 Å². The van der Waals surface area contributed by atoms with Crippen LogP contribution in [0.3, 0.4) is 0 Å². The standard InChI is InChI=1S/C34H35FN4O8S2/c1-34(2,3)47-32(40)37-13-11-21-7-6-8-22(26(21)20-37)18-38-30-27(35)16-25(17-29(30)46-33(38)41)49(42,43)39(31-36-12-14-48-31)19-23-9-10-24(44-4)15-28(23)45-5/h6-10,12,14-17H,11,13,18-20H2,1-5H3. The van der Waals surface area contributed by atoms with Crippen molar-refractivity contribution in [1.29, 1.82) is 0 Å². The summed E-state index contributed by atoms with van der Waals surface area (Å²) in [6, 6.07) is 12.6. The van der Waals surface area contributed by atoms with E-state index in [1.54, 1.807) is 55.3 Å². The Bertz CT molecular complexity index is 2190. The van der Waals surface area contributed by atoms with Gasteiger partial charge in [-0.1, -0.05) is 18.2 Å². The van der Waals surface area contributed by atoms with Gasteiger partial charge in [-0.15, -0.1) is 11.3 Å². The van der Waals surface area contributed by atoms with E-state index in [4.69, 9.17) is 18.6 Å². The molecule has 0 spiro atoms. The number of methoxy groups -OCH3 is 2. The number of halogens is 1. The molecule has 3 heterocycles. The zero-order valence-electron chi connectivity index (χ0n) is 27.6. The number of hydrogen-bond acceptors (Lipinski definition) is 10. The van der Waals surface area contributed by atoms with E-state index in [9.17, 15) is 18.0 Å². The summed E-state index contributed by atoms with van der Waals surface area (Å²) < 4.78 is 68.3. The second-order valence-corrected chi connectivity index (χ2v) is 15.2. The number of rotatable bonds is 9. The van der Waals surface area contributed by atoms with Crippen molar-refractivity contribution in [3.63, 3.8) is 0 Å². The van der Waals surface area contributed by atoms with Crippen LogP contribution in [-0.2, 0) is 40.8 Å². The summed E-state index contributed by atoms with van der Waals surface area (Å²) in [4.78, 5) is 31.4. The van der Waals surface area contributed by atoms with Gasteiger partial charge in [-0.25, -0.2) is 31.7 Å². The predicted molar refractivity (Wildman–Crippen MR) is 181 cm³/mol. The van der Waals surface area contributed by atoms with Gasteiger partial charge in [0.25, 0.3) is 10.0 Å². The fourth-order valence-electron chi connectivity index (χ4n) is 5.73. The molecule has 0 radical (unpaired) electrons. The third kappa shape index (κ3) is 6.85. The first-order valence-corrected chi connectivity index (χ1v) is 17.6. The number of ether oxygens (including phenoxy) is 3. The monoisotopic (exact) mass is 710 g/mol. The summed E-state index contributed by atoms with van der Waals surface area (Å²) in [7, 11) is -1.48. The maximum Gasteiger partial charge on any atom is 0.420 e. The zero-order valence-corrected chi connectivity index (χ0v) is 29.2. The maximum absolute atomic E-state index is 16.0. The average Bonchev–Trinajstić information content (AvgIpc) is 3.70. The fraction of sp³-hybridized carbons (Fsp3) is 0.324. The normalized spacial score (nSPS) is 13.3. The number of benzene rings is 3. The molecule has 0 atom stereocenters. The molecule has 0 bridgehead atoms.